The first kappa shape index (κ1) is 20.3. The molecule has 102 valence electrons. The van der Waals surface area contributed by atoms with Crippen molar-refractivity contribution in [2.75, 3.05) is 35.2 Å². The van der Waals surface area contributed by atoms with Crippen molar-refractivity contribution in [3.8, 4) is 0 Å². The Hall–Kier alpha value is -2.19. The summed E-state index contributed by atoms with van der Waals surface area (Å²) < 4.78 is 0. The van der Waals surface area contributed by atoms with Gasteiger partial charge in [0, 0.05) is 35.2 Å². The Morgan fingerprint density at radius 3 is 1.06 bits per heavy atom. The lowest BCUT2D eigenvalue weighted by Crippen LogP contribution is -2.34. The highest BCUT2D eigenvalue weighted by Crippen LogP contribution is 1.80. The lowest BCUT2D eigenvalue weighted by atomic mass is 10.7. The van der Waals surface area contributed by atoms with Crippen LogP contribution in [0.3, 0.4) is 0 Å². The van der Waals surface area contributed by atoms with Crippen LogP contribution in [0.4, 0.5) is 0 Å². The number of hydrogen-bond acceptors (Lipinski definition) is 3. The molecule has 0 aromatic carbocycles. The third-order valence-electron chi connectivity index (χ3n) is 1.11. The molecule has 0 aromatic rings. The zero-order valence-corrected chi connectivity index (χ0v) is 11.2. The third kappa shape index (κ3) is 31.6. The monoisotopic (exact) mass is 247 g/mol. The first-order valence-corrected chi connectivity index (χ1v) is 4.56. The van der Waals surface area contributed by atoms with Crippen molar-refractivity contribution in [2.24, 2.45) is 27.9 Å². The van der Waals surface area contributed by atoms with Gasteiger partial charge in [0.25, 0.3) is 0 Å². The molecule has 0 atom stereocenters. The van der Waals surface area contributed by atoms with Gasteiger partial charge in [-0.2, -0.15) is 0 Å². The minimum absolute atomic E-state index is 0.130. The maximum Gasteiger partial charge on any atom is 0.192 e. The molecule has 0 amide bonds. The van der Waals surface area contributed by atoms with Gasteiger partial charge in [-0.3, -0.25) is 15.8 Å². The van der Waals surface area contributed by atoms with Crippen LogP contribution in [-0.4, -0.2) is 62.9 Å². The average molecular weight is 247 g/mol. The fraction of sp³-hybridized carbons (Fsp3) is 0.625. The highest BCUT2D eigenvalue weighted by Gasteiger charge is 1.97. The summed E-state index contributed by atoms with van der Waals surface area (Å²) in [5, 5.41) is 13.3. The highest BCUT2D eigenvalue weighted by molar-refractivity contribution is 5.75. The molecule has 0 saturated carbocycles. The van der Waals surface area contributed by atoms with Crippen molar-refractivity contribution < 1.29 is 0 Å². The molecule has 10 N–H and O–H groups in total. The Morgan fingerprint density at radius 1 is 0.882 bits per heavy atom. The van der Waals surface area contributed by atoms with E-state index in [0.717, 1.165) is 0 Å². The van der Waals surface area contributed by atoms with E-state index in [9.17, 15) is 0 Å². The SMILES string of the molecule is CN(C)C(=N)N(C)C.CN=C(N)N.N=C(N)N. The van der Waals surface area contributed by atoms with Crippen LogP contribution in [0.1, 0.15) is 0 Å². The van der Waals surface area contributed by atoms with Crippen LogP contribution < -0.4 is 22.9 Å². The van der Waals surface area contributed by atoms with E-state index >= 15 is 0 Å². The first-order valence-electron chi connectivity index (χ1n) is 4.56. The predicted molar refractivity (Wildman–Crippen MR) is 72.9 cm³/mol. The van der Waals surface area contributed by atoms with Gasteiger partial charge in [-0.05, 0) is 0 Å². The van der Waals surface area contributed by atoms with Gasteiger partial charge in [-0.25, -0.2) is 0 Å². The molecule has 0 bridgehead atoms. The van der Waals surface area contributed by atoms with E-state index in [1.54, 1.807) is 9.80 Å². The summed E-state index contributed by atoms with van der Waals surface area (Å²) in [6.07, 6.45) is 0. The molecule has 9 nitrogen and oxygen atoms in total. The van der Waals surface area contributed by atoms with Crippen molar-refractivity contribution in [2.45, 2.75) is 0 Å². The van der Waals surface area contributed by atoms with Crippen LogP contribution >= 0.6 is 0 Å². The molecule has 0 saturated heterocycles. The average Bonchev–Trinajstić information content (AvgIpc) is 2.16. The second-order valence-corrected chi connectivity index (χ2v) is 3.22. The Morgan fingerprint density at radius 2 is 1.06 bits per heavy atom. The van der Waals surface area contributed by atoms with E-state index in [1.165, 1.54) is 7.05 Å². The minimum Gasteiger partial charge on any atom is -0.370 e. The summed E-state index contributed by atoms with van der Waals surface area (Å²) in [5.74, 6) is 0.315. The van der Waals surface area contributed by atoms with Crippen molar-refractivity contribution in [3.63, 3.8) is 0 Å². The zero-order chi connectivity index (χ0) is 14.6. The third-order valence-corrected chi connectivity index (χ3v) is 1.11. The molecule has 0 unspecified atom stereocenters. The topological polar surface area (TPSA) is 171 Å². The highest BCUT2D eigenvalue weighted by atomic mass is 15.3. The number of nitrogens with two attached hydrogens (primary N) is 4. The van der Waals surface area contributed by atoms with Crippen LogP contribution in [0.25, 0.3) is 0 Å². The molecule has 0 radical (unpaired) electrons. The Labute approximate surface area is 102 Å². The fourth-order valence-electron chi connectivity index (χ4n) is 0.400. The number of aliphatic imine (C=N–C) groups is 1. The van der Waals surface area contributed by atoms with Crippen LogP contribution in [0.2, 0.25) is 0 Å². The normalized spacial score (nSPS) is 7.35. The van der Waals surface area contributed by atoms with Gasteiger partial charge in [0.2, 0.25) is 0 Å². The van der Waals surface area contributed by atoms with E-state index < -0.39 is 0 Å². The van der Waals surface area contributed by atoms with Gasteiger partial charge in [0.1, 0.15) is 0 Å². The van der Waals surface area contributed by atoms with E-state index in [-0.39, 0.29) is 11.9 Å². The summed E-state index contributed by atoms with van der Waals surface area (Å²) in [5.41, 5.74) is 18.6. The summed E-state index contributed by atoms with van der Waals surface area (Å²) in [4.78, 5) is 6.86. The molecule has 9 heteroatoms. The Bertz CT molecular complexity index is 225. The largest absolute Gasteiger partial charge is 0.370 e. The van der Waals surface area contributed by atoms with Crippen LogP contribution in [-0.2, 0) is 0 Å². The molecule has 0 spiro atoms. The maximum atomic E-state index is 7.25. The van der Waals surface area contributed by atoms with Gasteiger partial charge in [0.05, 0.1) is 0 Å². The molecule has 0 fully saturated rings. The second kappa shape index (κ2) is 11.9. The number of hydrogen-bond donors (Lipinski definition) is 6. The molecular formula is C8H25N9. The Balaban J connectivity index is -0.000000188. The second-order valence-electron chi connectivity index (χ2n) is 3.22. The number of guanidine groups is 3. The zero-order valence-electron chi connectivity index (χ0n) is 11.2. The van der Waals surface area contributed by atoms with Crippen molar-refractivity contribution in [1.82, 2.24) is 9.80 Å². The van der Waals surface area contributed by atoms with E-state index in [4.69, 9.17) is 22.3 Å². The lowest BCUT2D eigenvalue weighted by Gasteiger charge is -2.19. The summed E-state index contributed by atoms with van der Waals surface area (Å²) in [6.45, 7) is 0. The van der Waals surface area contributed by atoms with Crippen LogP contribution in [0.15, 0.2) is 4.99 Å². The number of nitrogens with one attached hydrogen (secondary N) is 2. The molecule has 0 aliphatic rings. The smallest absolute Gasteiger partial charge is 0.192 e. The predicted octanol–water partition coefficient (Wildman–Crippen LogP) is -2.23. The van der Waals surface area contributed by atoms with Crippen LogP contribution in [0.5, 0.6) is 0 Å². The van der Waals surface area contributed by atoms with Crippen LogP contribution in [0, 0.1) is 10.8 Å². The van der Waals surface area contributed by atoms with E-state index in [2.05, 4.69) is 16.5 Å². The van der Waals surface area contributed by atoms with Gasteiger partial charge in [-0.15, -0.1) is 0 Å². The van der Waals surface area contributed by atoms with E-state index in [0.29, 0.717) is 5.96 Å². The molecule has 0 heterocycles. The van der Waals surface area contributed by atoms with Crippen molar-refractivity contribution in [1.29, 1.82) is 10.8 Å². The summed E-state index contributed by atoms with van der Waals surface area (Å²) in [7, 11) is 8.94. The molecular weight excluding hydrogens is 222 g/mol. The molecule has 0 aliphatic carbocycles. The lowest BCUT2D eigenvalue weighted by molar-refractivity contribution is 0.478. The molecule has 17 heavy (non-hydrogen) atoms. The van der Waals surface area contributed by atoms with E-state index in [1.807, 2.05) is 28.2 Å². The first-order chi connectivity index (χ1) is 7.56. The summed E-state index contributed by atoms with van der Waals surface area (Å²) >= 11 is 0. The van der Waals surface area contributed by atoms with Gasteiger partial charge in [0.15, 0.2) is 17.9 Å². The van der Waals surface area contributed by atoms with Gasteiger partial charge in [-0.1, -0.05) is 0 Å². The van der Waals surface area contributed by atoms with Gasteiger partial charge < -0.3 is 32.7 Å². The van der Waals surface area contributed by atoms with Crippen molar-refractivity contribution in [3.05, 3.63) is 0 Å². The summed E-state index contributed by atoms with van der Waals surface area (Å²) in [6, 6.07) is 0. The number of nitrogens with zero attached hydrogens (tertiary/aromatic N) is 3. The minimum atomic E-state index is -0.333. The molecule has 0 aromatic heterocycles. The molecule has 0 aliphatic heterocycles. The molecule has 0 rings (SSSR count). The van der Waals surface area contributed by atoms with Gasteiger partial charge >= 0.3 is 0 Å². The maximum absolute atomic E-state index is 7.25. The fourth-order valence-corrected chi connectivity index (χ4v) is 0.400. The number of rotatable bonds is 0. The van der Waals surface area contributed by atoms with Crippen molar-refractivity contribution >= 4 is 17.9 Å². The standard InChI is InChI=1S/C5H13N3.C2H7N3.CH5N3/c1-7(2)5(6)8(3)4;1-5-2(3)4;2-1(3)4/h6H,1-4H3;1H3,(H4,3,4,5);(H5,2,3,4). The quantitative estimate of drug-likeness (QED) is 0.209. The Kier molecular flexibility index (Phi) is 14.2.